The highest BCUT2D eigenvalue weighted by molar-refractivity contribution is 5.88. The molecule has 0 radical (unpaired) electrons. The molecule has 5 aliphatic rings. The van der Waals surface area contributed by atoms with Crippen LogP contribution in [0, 0.1) is 62.1 Å². The molecule has 0 aliphatic heterocycles. The SMILES string of the molecule is C=C(C)[C@@H]1CC[C@]2(C(=O)OCC(=O)OC)CC[C@]3(C)C(CCC4[C@@]5(C)CCC(=N)C(C)(C)C5CC[C@]43C)C12. The molecule has 38 heavy (non-hydrogen) atoms. The van der Waals surface area contributed by atoms with Crippen molar-refractivity contribution in [3.63, 3.8) is 0 Å². The van der Waals surface area contributed by atoms with Gasteiger partial charge < -0.3 is 14.9 Å². The average Bonchev–Trinajstić information content (AvgIpc) is 3.26. The predicted octanol–water partition coefficient (Wildman–Crippen LogP) is 7.38. The summed E-state index contributed by atoms with van der Waals surface area (Å²) in [5, 5.41) is 8.76. The molecular formula is C33H51NO4. The molecule has 0 aromatic heterocycles. The van der Waals surface area contributed by atoms with Gasteiger partial charge in [-0.25, -0.2) is 4.79 Å². The number of carbonyl (C=O) groups excluding carboxylic acids is 2. The van der Waals surface area contributed by atoms with E-state index < -0.39 is 11.4 Å². The summed E-state index contributed by atoms with van der Waals surface area (Å²) in [7, 11) is 1.33. The normalized spacial score (nSPS) is 47.1. The topological polar surface area (TPSA) is 76.5 Å². The van der Waals surface area contributed by atoms with E-state index in [1.54, 1.807) is 0 Å². The Morgan fingerprint density at radius 1 is 0.921 bits per heavy atom. The molecule has 0 spiro atoms. The molecule has 5 rings (SSSR count). The summed E-state index contributed by atoms with van der Waals surface area (Å²) in [6.45, 7) is 18.7. The zero-order chi connectivity index (χ0) is 27.9. The number of methoxy groups -OCH3 is 1. The highest BCUT2D eigenvalue weighted by Crippen LogP contribution is 2.77. The molecule has 5 heteroatoms. The van der Waals surface area contributed by atoms with Gasteiger partial charge in [-0.15, -0.1) is 0 Å². The average molecular weight is 526 g/mol. The van der Waals surface area contributed by atoms with Gasteiger partial charge in [0, 0.05) is 11.1 Å². The minimum atomic E-state index is -0.520. The Labute approximate surface area is 230 Å². The number of carbonyl (C=O) groups is 2. The van der Waals surface area contributed by atoms with Gasteiger partial charge in [0.05, 0.1) is 12.5 Å². The van der Waals surface area contributed by atoms with E-state index in [4.69, 9.17) is 14.9 Å². The molecule has 9 atom stereocenters. The van der Waals surface area contributed by atoms with E-state index in [9.17, 15) is 9.59 Å². The molecule has 1 N–H and O–H groups in total. The first kappa shape index (κ1) is 27.9. The maximum Gasteiger partial charge on any atom is 0.344 e. The van der Waals surface area contributed by atoms with Crippen LogP contribution in [0.1, 0.15) is 106 Å². The Morgan fingerprint density at radius 2 is 1.63 bits per heavy atom. The van der Waals surface area contributed by atoms with Crippen LogP contribution >= 0.6 is 0 Å². The lowest BCUT2D eigenvalue weighted by Crippen LogP contribution is -2.66. The van der Waals surface area contributed by atoms with Crippen LogP contribution in [-0.2, 0) is 19.1 Å². The third kappa shape index (κ3) is 3.51. The molecule has 5 aliphatic carbocycles. The van der Waals surface area contributed by atoms with Crippen molar-refractivity contribution in [1.82, 2.24) is 0 Å². The first-order valence-electron chi connectivity index (χ1n) is 15.2. The van der Waals surface area contributed by atoms with E-state index >= 15 is 0 Å². The van der Waals surface area contributed by atoms with Crippen molar-refractivity contribution in [3.8, 4) is 0 Å². The minimum absolute atomic E-state index is 0.0201. The molecule has 5 fully saturated rings. The van der Waals surface area contributed by atoms with Crippen molar-refractivity contribution in [1.29, 1.82) is 5.41 Å². The Morgan fingerprint density at radius 3 is 2.29 bits per heavy atom. The summed E-state index contributed by atoms with van der Waals surface area (Å²) >= 11 is 0. The molecular weight excluding hydrogens is 474 g/mol. The van der Waals surface area contributed by atoms with Gasteiger partial charge in [-0.2, -0.15) is 0 Å². The van der Waals surface area contributed by atoms with E-state index in [-0.39, 0.29) is 40.2 Å². The zero-order valence-corrected chi connectivity index (χ0v) is 25.0. The first-order valence-corrected chi connectivity index (χ1v) is 15.2. The molecule has 0 saturated heterocycles. The Bertz CT molecular complexity index is 1050. The lowest BCUT2D eigenvalue weighted by molar-refractivity contribution is -0.231. The van der Waals surface area contributed by atoms with Gasteiger partial charge in [0.25, 0.3) is 0 Å². The van der Waals surface area contributed by atoms with E-state index in [1.807, 2.05) is 0 Å². The molecule has 5 nitrogen and oxygen atoms in total. The van der Waals surface area contributed by atoms with Crippen LogP contribution in [0.2, 0.25) is 0 Å². The lowest BCUT2D eigenvalue weighted by atomic mass is 9.32. The van der Waals surface area contributed by atoms with E-state index in [0.29, 0.717) is 23.7 Å². The van der Waals surface area contributed by atoms with E-state index in [1.165, 1.54) is 31.9 Å². The maximum absolute atomic E-state index is 13.8. The standard InChI is InChI=1S/C33H51NO4/c1-20(2)21-11-16-33(28(36)38-19-26(35)37-8)18-17-31(6)22(27(21)33)9-10-24-30(5)14-13-25(34)29(3,4)23(30)12-15-32(24,31)7/h21-24,27,34H,1,9-19H2,2-8H3/t21-,22?,23?,24?,27?,30-,31+,32+,33-/m0/s1. The summed E-state index contributed by atoms with van der Waals surface area (Å²) in [4.78, 5) is 25.6. The molecule has 0 aromatic carbocycles. The fourth-order valence-electron chi connectivity index (χ4n) is 11.7. The lowest BCUT2D eigenvalue weighted by Gasteiger charge is -2.72. The van der Waals surface area contributed by atoms with Crippen LogP contribution in [0.4, 0.5) is 0 Å². The molecule has 0 bridgehead atoms. The van der Waals surface area contributed by atoms with Crippen molar-refractivity contribution in [2.45, 2.75) is 106 Å². The number of hydrogen-bond donors (Lipinski definition) is 1. The van der Waals surface area contributed by atoms with E-state index in [0.717, 1.165) is 50.7 Å². The van der Waals surface area contributed by atoms with Crippen molar-refractivity contribution >= 4 is 17.7 Å². The highest BCUT2D eigenvalue weighted by atomic mass is 16.6. The highest BCUT2D eigenvalue weighted by Gasteiger charge is 2.72. The summed E-state index contributed by atoms with van der Waals surface area (Å²) in [6, 6.07) is 0. The fourth-order valence-corrected chi connectivity index (χ4v) is 11.7. The third-order valence-corrected chi connectivity index (χ3v) is 13.9. The largest absolute Gasteiger partial charge is 0.466 e. The monoisotopic (exact) mass is 525 g/mol. The van der Waals surface area contributed by atoms with Gasteiger partial charge in [0.1, 0.15) is 0 Å². The number of allylic oxidation sites excluding steroid dienone is 1. The number of esters is 2. The molecule has 0 aromatic rings. The summed E-state index contributed by atoms with van der Waals surface area (Å²) < 4.78 is 10.4. The molecule has 0 amide bonds. The van der Waals surface area contributed by atoms with Crippen LogP contribution in [0.3, 0.4) is 0 Å². The van der Waals surface area contributed by atoms with Crippen molar-refractivity contribution < 1.29 is 19.1 Å². The zero-order valence-electron chi connectivity index (χ0n) is 25.0. The third-order valence-electron chi connectivity index (χ3n) is 13.9. The van der Waals surface area contributed by atoms with Gasteiger partial charge in [-0.1, -0.05) is 46.8 Å². The van der Waals surface area contributed by atoms with Crippen LogP contribution in [0.15, 0.2) is 12.2 Å². The molecule has 4 unspecified atom stereocenters. The van der Waals surface area contributed by atoms with Crippen LogP contribution in [-0.4, -0.2) is 31.4 Å². The predicted molar refractivity (Wildman–Crippen MR) is 150 cm³/mol. The smallest absolute Gasteiger partial charge is 0.344 e. The van der Waals surface area contributed by atoms with Crippen molar-refractivity contribution in [2.24, 2.45) is 56.7 Å². The van der Waals surface area contributed by atoms with Crippen LogP contribution in [0.5, 0.6) is 0 Å². The summed E-state index contributed by atoms with van der Waals surface area (Å²) in [5.41, 5.74) is 2.22. The van der Waals surface area contributed by atoms with Gasteiger partial charge >= 0.3 is 11.9 Å². The van der Waals surface area contributed by atoms with Gasteiger partial charge in [0.2, 0.25) is 0 Å². The van der Waals surface area contributed by atoms with Gasteiger partial charge in [-0.05, 0) is 117 Å². The number of hydrogen-bond acceptors (Lipinski definition) is 5. The van der Waals surface area contributed by atoms with Crippen molar-refractivity contribution in [3.05, 3.63) is 12.2 Å². The second-order valence-electron chi connectivity index (χ2n) is 15.2. The summed E-state index contributed by atoms with van der Waals surface area (Å²) in [5.74, 6) is 1.53. The first-order chi connectivity index (χ1) is 17.7. The minimum Gasteiger partial charge on any atom is -0.466 e. The van der Waals surface area contributed by atoms with E-state index in [2.05, 4.69) is 48.1 Å². The van der Waals surface area contributed by atoms with Crippen LogP contribution in [0.25, 0.3) is 0 Å². The van der Waals surface area contributed by atoms with Crippen LogP contribution < -0.4 is 0 Å². The molecule has 5 saturated carbocycles. The number of nitrogens with one attached hydrogen (secondary N) is 1. The number of rotatable bonds is 4. The Balaban J connectivity index is 1.51. The fraction of sp³-hybridized carbons (Fsp3) is 0.848. The number of fused-ring (bicyclic) bond motifs is 7. The van der Waals surface area contributed by atoms with Crippen molar-refractivity contribution in [2.75, 3.05) is 13.7 Å². The second-order valence-corrected chi connectivity index (χ2v) is 15.2. The summed E-state index contributed by atoms with van der Waals surface area (Å²) in [6.07, 6.45) is 10.5. The Kier molecular flexibility index (Phi) is 6.56. The number of ether oxygens (including phenoxy) is 2. The molecule has 212 valence electrons. The molecule has 0 heterocycles. The quantitative estimate of drug-likeness (QED) is 0.307. The second kappa shape index (κ2) is 8.93. The van der Waals surface area contributed by atoms with Gasteiger partial charge in [-0.3, -0.25) is 4.79 Å². The Hall–Kier alpha value is -1.65. The maximum atomic E-state index is 13.8. The van der Waals surface area contributed by atoms with Gasteiger partial charge in [0.15, 0.2) is 6.61 Å².